The summed E-state index contributed by atoms with van der Waals surface area (Å²) in [6.45, 7) is 7.78. The Morgan fingerprint density at radius 3 is 2.95 bits per heavy atom. The average molecular weight is 267 g/mol. The van der Waals surface area contributed by atoms with Gasteiger partial charge in [0.25, 0.3) is 0 Å². The van der Waals surface area contributed by atoms with Gasteiger partial charge in [0.15, 0.2) is 0 Å². The highest BCUT2D eigenvalue weighted by molar-refractivity contribution is 5.77. The Labute approximate surface area is 112 Å². The van der Waals surface area contributed by atoms with Crippen LogP contribution in [0.5, 0.6) is 0 Å². The summed E-state index contributed by atoms with van der Waals surface area (Å²) in [6.07, 6.45) is 0.424. The second-order valence-corrected chi connectivity index (χ2v) is 4.96. The summed E-state index contributed by atoms with van der Waals surface area (Å²) < 4.78 is 10.4. The van der Waals surface area contributed by atoms with Gasteiger partial charge in [0.1, 0.15) is 5.76 Å². The highest BCUT2D eigenvalue weighted by Gasteiger charge is 2.21. The van der Waals surface area contributed by atoms with Crippen molar-refractivity contribution in [3.8, 4) is 0 Å². The number of carbonyl (C=O) groups is 1. The van der Waals surface area contributed by atoms with Crippen LogP contribution in [-0.2, 0) is 9.53 Å². The Balaban J connectivity index is 1.88. The van der Waals surface area contributed by atoms with E-state index in [1.165, 1.54) is 0 Å². The first-order chi connectivity index (χ1) is 9.08. The first kappa shape index (κ1) is 14.0. The van der Waals surface area contributed by atoms with E-state index < -0.39 is 0 Å². The van der Waals surface area contributed by atoms with E-state index in [0.717, 1.165) is 23.6 Å². The normalized spacial score (nSPS) is 21.1. The molecule has 1 aromatic heterocycles. The molecule has 0 aromatic carbocycles. The molecule has 1 aliphatic heterocycles. The van der Waals surface area contributed by atoms with Crippen LogP contribution in [0.25, 0.3) is 0 Å². The maximum atomic E-state index is 12.0. The van der Waals surface area contributed by atoms with E-state index in [-0.39, 0.29) is 18.0 Å². The highest BCUT2D eigenvalue weighted by Crippen LogP contribution is 2.20. The fourth-order valence-electron chi connectivity index (χ4n) is 2.46. The topological polar surface area (TPSA) is 76.4 Å². The molecule has 0 saturated carbocycles. The number of carbonyl (C=O) groups excluding carboxylic acids is 1. The smallest absolute Gasteiger partial charge is 0.222 e. The van der Waals surface area contributed by atoms with Crippen molar-refractivity contribution in [2.45, 2.75) is 39.3 Å². The van der Waals surface area contributed by atoms with Crippen LogP contribution in [0, 0.1) is 13.8 Å². The first-order valence-electron chi connectivity index (χ1n) is 6.61. The molecule has 19 heavy (non-hydrogen) atoms. The molecule has 106 valence electrons. The zero-order valence-corrected chi connectivity index (χ0v) is 11.7. The van der Waals surface area contributed by atoms with Crippen molar-refractivity contribution in [2.75, 3.05) is 19.8 Å². The number of hydrogen-bond acceptors (Lipinski definition) is 5. The fourth-order valence-corrected chi connectivity index (χ4v) is 2.46. The Morgan fingerprint density at radius 2 is 2.37 bits per heavy atom. The third kappa shape index (κ3) is 3.54. The molecule has 1 fully saturated rings. The van der Waals surface area contributed by atoms with Gasteiger partial charge in [-0.25, -0.2) is 0 Å². The predicted molar refractivity (Wildman–Crippen MR) is 69.8 cm³/mol. The molecule has 2 N–H and O–H groups in total. The molecule has 1 saturated heterocycles. The van der Waals surface area contributed by atoms with E-state index >= 15 is 0 Å². The number of hydrogen-bond donors (Lipinski definition) is 2. The lowest BCUT2D eigenvalue weighted by Crippen LogP contribution is -2.44. The van der Waals surface area contributed by atoms with Crippen LogP contribution in [0.1, 0.15) is 36.4 Å². The first-order valence-corrected chi connectivity index (χ1v) is 6.61. The van der Waals surface area contributed by atoms with Crippen LogP contribution in [0.2, 0.25) is 0 Å². The van der Waals surface area contributed by atoms with Crippen molar-refractivity contribution >= 4 is 5.91 Å². The minimum atomic E-state index is -0.0942. The van der Waals surface area contributed by atoms with Crippen molar-refractivity contribution in [2.24, 2.45) is 0 Å². The molecule has 2 rings (SSSR count). The van der Waals surface area contributed by atoms with Gasteiger partial charge in [0, 0.05) is 24.6 Å². The number of aryl methyl sites for hydroxylation is 2. The van der Waals surface area contributed by atoms with E-state index in [1.807, 2.05) is 20.8 Å². The van der Waals surface area contributed by atoms with Crippen LogP contribution >= 0.6 is 0 Å². The van der Waals surface area contributed by atoms with Crippen LogP contribution in [0.3, 0.4) is 0 Å². The molecular weight excluding hydrogens is 246 g/mol. The van der Waals surface area contributed by atoms with Gasteiger partial charge in [-0.1, -0.05) is 5.16 Å². The minimum Gasteiger partial charge on any atom is -0.378 e. The molecule has 0 bridgehead atoms. The highest BCUT2D eigenvalue weighted by atomic mass is 16.5. The molecule has 1 aromatic rings. The maximum Gasteiger partial charge on any atom is 0.222 e. The lowest BCUT2D eigenvalue weighted by atomic mass is 10.1. The summed E-state index contributed by atoms with van der Waals surface area (Å²) in [6, 6.07) is 0.00822. The summed E-state index contributed by atoms with van der Waals surface area (Å²) in [5.74, 6) is 0.764. The van der Waals surface area contributed by atoms with Crippen molar-refractivity contribution in [1.82, 2.24) is 15.8 Å². The number of morpholine rings is 1. The molecule has 2 unspecified atom stereocenters. The van der Waals surface area contributed by atoms with Gasteiger partial charge in [0.2, 0.25) is 5.91 Å². The Kier molecular flexibility index (Phi) is 4.55. The van der Waals surface area contributed by atoms with Gasteiger partial charge in [0.05, 0.1) is 24.9 Å². The molecule has 0 aliphatic carbocycles. The standard InChI is InChI=1S/C13H21N3O3/c1-8(13-9(2)16-19-10(13)3)15-12(17)6-11-7-18-5-4-14-11/h8,11,14H,4-7H2,1-3H3,(H,15,17). The van der Waals surface area contributed by atoms with E-state index in [9.17, 15) is 4.79 Å². The summed E-state index contributed by atoms with van der Waals surface area (Å²) in [5.41, 5.74) is 1.78. The molecule has 6 nitrogen and oxygen atoms in total. The van der Waals surface area contributed by atoms with E-state index in [2.05, 4.69) is 15.8 Å². The lowest BCUT2D eigenvalue weighted by Gasteiger charge is -2.24. The molecule has 2 heterocycles. The van der Waals surface area contributed by atoms with Gasteiger partial charge in [-0.2, -0.15) is 0 Å². The SMILES string of the molecule is Cc1noc(C)c1C(C)NC(=O)CC1COCCN1. The third-order valence-electron chi connectivity index (χ3n) is 3.33. The number of rotatable bonds is 4. The quantitative estimate of drug-likeness (QED) is 0.845. The lowest BCUT2D eigenvalue weighted by molar-refractivity contribution is -0.122. The Morgan fingerprint density at radius 1 is 1.58 bits per heavy atom. The zero-order valence-electron chi connectivity index (χ0n) is 11.7. The maximum absolute atomic E-state index is 12.0. The summed E-state index contributed by atoms with van der Waals surface area (Å²) in [5, 5.41) is 10.1. The summed E-state index contributed by atoms with van der Waals surface area (Å²) >= 11 is 0. The number of nitrogens with zero attached hydrogens (tertiary/aromatic N) is 1. The second-order valence-electron chi connectivity index (χ2n) is 4.96. The zero-order chi connectivity index (χ0) is 13.8. The second kappa shape index (κ2) is 6.16. The number of amides is 1. The van der Waals surface area contributed by atoms with Gasteiger partial charge in [-0.3, -0.25) is 4.79 Å². The molecule has 1 amide bonds. The van der Waals surface area contributed by atoms with Gasteiger partial charge in [-0.15, -0.1) is 0 Å². The van der Waals surface area contributed by atoms with E-state index in [0.29, 0.717) is 19.6 Å². The largest absolute Gasteiger partial charge is 0.378 e. The third-order valence-corrected chi connectivity index (χ3v) is 3.33. The van der Waals surface area contributed by atoms with Crippen LogP contribution in [0.15, 0.2) is 4.52 Å². The molecule has 0 radical (unpaired) electrons. The Hall–Kier alpha value is -1.40. The number of ether oxygens (including phenoxy) is 1. The molecule has 0 spiro atoms. The van der Waals surface area contributed by atoms with Crippen LogP contribution in [-0.4, -0.2) is 36.9 Å². The minimum absolute atomic E-state index is 0.00972. The summed E-state index contributed by atoms with van der Waals surface area (Å²) in [4.78, 5) is 12.0. The van der Waals surface area contributed by atoms with Crippen molar-refractivity contribution < 1.29 is 14.1 Å². The van der Waals surface area contributed by atoms with Gasteiger partial charge >= 0.3 is 0 Å². The van der Waals surface area contributed by atoms with Gasteiger partial charge in [-0.05, 0) is 20.8 Å². The Bertz CT molecular complexity index is 419. The molecule has 2 atom stereocenters. The van der Waals surface area contributed by atoms with Crippen molar-refractivity contribution in [3.05, 3.63) is 17.0 Å². The van der Waals surface area contributed by atoms with Crippen LogP contribution < -0.4 is 10.6 Å². The van der Waals surface area contributed by atoms with E-state index in [1.54, 1.807) is 0 Å². The van der Waals surface area contributed by atoms with Gasteiger partial charge < -0.3 is 19.9 Å². The fraction of sp³-hybridized carbons (Fsp3) is 0.692. The summed E-state index contributed by atoms with van der Waals surface area (Å²) in [7, 11) is 0. The molecule has 6 heteroatoms. The van der Waals surface area contributed by atoms with E-state index in [4.69, 9.17) is 9.26 Å². The predicted octanol–water partition coefficient (Wildman–Crippen LogP) is 0.847. The van der Waals surface area contributed by atoms with Crippen molar-refractivity contribution in [1.29, 1.82) is 0 Å². The monoisotopic (exact) mass is 267 g/mol. The van der Waals surface area contributed by atoms with Crippen molar-refractivity contribution in [3.63, 3.8) is 0 Å². The van der Waals surface area contributed by atoms with Crippen LogP contribution in [0.4, 0.5) is 0 Å². The number of aromatic nitrogens is 1. The number of nitrogens with one attached hydrogen (secondary N) is 2. The average Bonchev–Trinajstić information content (AvgIpc) is 2.70. The molecule has 1 aliphatic rings. The molecular formula is C13H21N3O3.